The first kappa shape index (κ1) is 11.7. The Morgan fingerprint density at radius 1 is 1.25 bits per heavy atom. The number of halogens is 1. The van der Waals surface area contributed by atoms with E-state index in [-0.39, 0.29) is 0 Å². The molecule has 1 fully saturated rings. The summed E-state index contributed by atoms with van der Waals surface area (Å²) in [4.78, 5) is 0. The molecular formula is C13H19ClN2. The van der Waals surface area contributed by atoms with Crippen molar-refractivity contribution < 1.29 is 0 Å². The van der Waals surface area contributed by atoms with E-state index in [0.29, 0.717) is 12.1 Å². The molecule has 2 nitrogen and oxygen atoms in total. The zero-order valence-corrected chi connectivity index (χ0v) is 10.4. The first-order valence-electron chi connectivity index (χ1n) is 5.93. The molecule has 0 saturated heterocycles. The van der Waals surface area contributed by atoms with Gasteiger partial charge in [-0.2, -0.15) is 0 Å². The van der Waals surface area contributed by atoms with Gasteiger partial charge < -0.3 is 11.1 Å². The number of aryl methyl sites for hydroxylation is 1. The van der Waals surface area contributed by atoms with Crippen molar-refractivity contribution in [2.24, 2.45) is 5.73 Å². The van der Waals surface area contributed by atoms with Gasteiger partial charge in [0.05, 0.1) is 0 Å². The largest absolute Gasteiger partial charge is 0.382 e. The molecule has 1 aliphatic carbocycles. The lowest BCUT2D eigenvalue weighted by Gasteiger charge is -2.28. The summed E-state index contributed by atoms with van der Waals surface area (Å²) >= 11 is 5.93. The maximum absolute atomic E-state index is 5.93. The lowest BCUT2D eigenvalue weighted by Crippen LogP contribution is -2.32. The number of benzene rings is 1. The monoisotopic (exact) mass is 238 g/mol. The Morgan fingerprint density at radius 2 is 1.94 bits per heavy atom. The minimum absolute atomic E-state index is 0.407. The first-order chi connectivity index (χ1) is 7.65. The molecule has 0 bridgehead atoms. The van der Waals surface area contributed by atoms with Crippen LogP contribution in [-0.4, -0.2) is 12.1 Å². The Balaban J connectivity index is 1.98. The van der Waals surface area contributed by atoms with Gasteiger partial charge in [0.25, 0.3) is 0 Å². The van der Waals surface area contributed by atoms with Gasteiger partial charge in [-0.1, -0.05) is 11.6 Å². The van der Waals surface area contributed by atoms with Gasteiger partial charge in [-0.15, -0.1) is 0 Å². The molecule has 0 spiro atoms. The van der Waals surface area contributed by atoms with Gasteiger partial charge >= 0.3 is 0 Å². The molecule has 1 saturated carbocycles. The van der Waals surface area contributed by atoms with Crippen LogP contribution in [0.3, 0.4) is 0 Å². The zero-order chi connectivity index (χ0) is 11.5. The van der Waals surface area contributed by atoms with Crippen LogP contribution in [0.1, 0.15) is 31.2 Å². The molecule has 0 unspecified atom stereocenters. The molecular weight excluding hydrogens is 220 g/mol. The molecule has 88 valence electrons. The van der Waals surface area contributed by atoms with Crippen molar-refractivity contribution in [1.29, 1.82) is 0 Å². The highest BCUT2D eigenvalue weighted by Crippen LogP contribution is 2.24. The maximum atomic E-state index is 5.93. The molecule has 0 aromatic heterocycles. The number of nitrogens with two attached hydrogens (primary N) is 1. The summed E-state index contributed by atoms with van der Waals surface area (Å²) in [5.41, 5.74) is 8.30. The molecule has 16 heavy (non-hydrogen) atoms. The molecule has 0 atom stereocenters. The average Bonchev–Trinajstić information content (AvgIpc) is 2.25. The Labute approximate surface area is 102 Å². The summed E-state index contributed by atoms with van der Waals surface area (Å²) in [5.74, 6) is 0. The van der Waals surface area contributed by atoms with E-state index in [1.54, 1.807) is 0 Å². The minimum Gasteiger partial charge on any atom is -0.382 e. The van der Waals surface area contributed by atoms with Crippen molar-refractivity contribution in [2.75, 3.05) is 5.32 Å². The van der Waals surface area contributed by atoms with Gasteiger partial charge in [-0.3, -0.25) is 0 Å². The number of hydrogen-bond acceptors (Lipinski definition) is 2. The number of rotatable bonds is 2. The van der Waals surface area contributed by atoms with Crippen molar-refractivity contribution >= 4 is 17.3 Å². The lowest BCUT2D eigenvalue weighted by atomic mass is 9.91. The molecule has 0 heterocycles. The summed E-state index contributed by atoms with van der Waals surface area (Å²) in [6.45, 7) is 2.09. The standard InChI is InChI=1S/C13H19ClN2/c1-9-8-10(14)2-7-13(9)16-12-5-3-11(15)4-6-12/h2,7-8,11-12,16H,3-6,15H2,1H3. The van der Waals surface area contributed by atoms with Crippen LogP contribution in [0.15, 0.2) is 18.2 Å². The Bertz CT molecular complexity index is 357. The Kier molecular flexibility index (Phi) is 3.72. The SMILES string of the molecule is Cc1cc(Cl)ccc1NC1CCC(N)CC1. The number of anilines is 1. The van der Waals surface area contributed by atoms with Crippen molar-refractivity contribution in [3.63, 3.8) is 0 Å². The first-order valence-corrected chi connectivity index (χ1v) is 6.31. The van der Waals surface area contributed by atoms with E-state index >= 15 is 0 Å². The molecule has 1 aromatic carbocycles. The van der Waals surface area contributed by atoms with Gasteiger partial charge in [0.1, 0.15) is 0 Å². The summed E-state index contributed by atoms with van der Waals surface area (Å²) in [7, 11) is 0. The molecule has 0 aliphatic heterocycles. The smallest absolute Gasteiger partial charge is 0.0410 e. The summed E-state index contributed by atoms with van der Waals surface area (Å²) in [6, 6.07) is 6.97. The van der Waals surface area contributed by atoms with Crippen LogP contribution in [0, 0.1) is 6.92 Å². The summed E-state index contributed by atoms with van der Waals surface area (Å²) in [5, 5.41) is 4.38. The molecule has 2 rings (SSSR count). The maximum Gasteiger partial charge on any atom is 0.0410 e. The highest BCUT2D eigenvalue weighted by Gasteiger charge is 2.18. The molecule has 3 heteroatoms. The Morgan fingerprint density at radius 3 is 2.56 bits per heavy atom. The quantitative estimate of drug-likeness (QED) is 0.830. The number of hydrogen-bond donors (Lipinski definition) is 2. The number of nitrogens with one attached hydrogen (secondary N) is 1. The molecule has 1 aromatic rings. The fourth-order valence-electron chi connectivity index (χ4n) is 2.27. The predicted octanol–water partition coefficient (Wildman–Crippen LogP) is 3.33. The molecule has 3 N–H and O–H groups in total. The van der Waals surface area contributed by atoms with E-state index < -0.39 is 0 Å². The third-order valence-corrected chi connectivity index (χ3v) is 3.56. The van der Waals surface area contributed by atoms with Crippen molar-refractivity contribution in [3.05, 3.63) is 28.8 Å². The van der Waals surface area contributed by atoms with Gasteiger partial charge in [0.2, 0.25) is 0 Å². The van der Waals surface area contributed by atoms with Gasteiger partial charge in [-0.05, 0) is 56.4 Å². The van der Waals surface area contributed by atoms with E-state index in [9.17, 15) is 0 Å². The molecule has 0 amide bonds. The zero-order valence-electron chi connectivity index (χ0n) is 9.67. The van der Waals surface area contributed by atoms with Crippen molar-refractivity contribution in [3.8, 4) is 0 Å². The minimum atomic E-state index is 0.407. The predicted molar refractivity (Wildman–Crippen MR) is 70.0 cm³/mol. The second kappa shape index (κ2) is 5.07. The van der Waals surface area contributed by atoms with E-state index in [1.807, 2.05) is 12.1 Å². The normalized spacial score (nSPS) is 25.4. The highest BCUT2D eigenvalue weighted by atomic mass is 35.5. The topological polar surface area (TPSA) is 38.0 Å². The van der Waals surface area contributed by atoms with Crippen LogP contribution >= 0.6 is 11.6 Å². The summed E-state index contributed by atoms with van der Waals surface area (Å²) < 4.78 is 0. The van der Waals surface area contributed by atoms with Gasteiger partial charge in [-0.25, -0.2) is 0 Å². The van der Waals surface area contributed by atoms with E-state index in [2.05, 4.69) is 18.3 Å². The van der Waals surface area contributed by atoms with Gasteiger partial charge in [0, 0.05) is 22.8 Å². The third kappa shape index (κ3) is 2.89. The fraction of sp³-hybridized carbons (Fsp3) is 0.538. The highest BCUT2D eigenvalue weighted by molar-refractivity contribution is 6.30. The van der Waals surface area contributed by atoms with Crippen LogP contribution in [0.2, 0.25) is 5.02 Å². The second-order valence-electron chi connectivity index (χ2n) is 4.72. The average molecular weight is 239 g/mol. The lowest BCUT2D eigenvalue weighted by molar-refractivity contribution is 0.411. The van der Waals surface area contributed by atoms with E-state index in [4.69, 9.17) is 17.3 Å². The second-order valence-corrected chi connectivity index (χ2v) is 5.15. The van der Waals surface area contributed by atoms with Crippen LogP contribution in [-0.2, 0) is 0 Å². The van der Waals surface area contributed by atoms with Crippen LogP contribution in [0.5, 0.6) is 0 Å². The molecule has 1 aliphatic rings. The third-order valence-electron chi connectivity index (χ3n) is 3.32. The van der Waals surface area contributed by atoms with Crippen LogP contribution in [0.25, 0.3) is 0 Å². The fourth-order valence-corrected chi connectivity index (χ4v) is 2.50. The van der Waals surface area contributed by atoms with Gasteiger partial charge in [0.15, 0.2) is 0 Å². The van der Waals surface area contributed by atoms with E-state index in [0.717, 1.165) is 17.9 Å². The Hall–Kier alpha value is -0.730. The summed E-state index contributed by atoms with van der Waals surface area (Å²) in [6.07, 6.45) is 4.60. The van der Waals surface area contributed by atoms with Crippen LogP contribution in [0.4, 0.5) is 5.69 Å². The van der Waals surface area contributed by atoms with Crippen LogP contribution < -0.4 is 11.1 Å². The van der Waals surface area contributed by atoms with Crippen molar-refractivity contribution in [2.45, 2.75) is 44.7 Å². The van der Waals surface area contributed by atoms with E-state index in [1.165, 1.54) is 24.1 Å². The molecule has 0 radical (unpaired) electrons. The van der Waals surface area contributed by atoms with Crippen molar-refractivity contribution in [1.82, 2.24) is 0 Å².